The fourth-order valence-corrected chi connectivity index (χ4v) is 1.94. The Balaban J connectivity index is 2.47. The highest BCUT2D eigenvalue weighted by Gasteiger charge is 2.21. The zero-order chi connectivity index (χ0) is 13.8. The van der Waals surface area contributed by atoms with E-state index < -0.39 is 0 Å². The van der Waals surface area contributed by atoms with Crippen LogP contribution in [0, 0.1) is 11.2 Å². The quantitative estimate of drug-likeness (QED) is 0.699. The number of hydrogen-bond donors (Lipinski definition) is 0. The highest BCUT2D eigenvalue weighted by atomic mass is 35.5. The lowest BCUT2D eigenvalue weighted by Crippen LogP contribution is -2.20. The van der Waals surface area contributed by atoms with Crippen molar-refractivity contribution in [3.05, 3.63) is 29.6 Å². The van der Waals surface area contributed by atoms with Crippen molar-refractivity contribution in [2.45, 2.75) is 45.4 Å². The van der Waals surface area contributed by atoms with Gasteiger partial charge in [0.2, 0.25) is 0 Å². The lowest BCUT2D eigenvalue weighted by Gasteiger charge is -2.24. The maximum absolute atomic E-state index is 13.5. The number of rotatable bonds is 5. The Morgan fingerprint density at radius 1 is 1.33 bits per heavy atom. The van der Waals surface area contributed by atoms with E-state index in [-0.39, 0.29) is 16.6 Å². The van der Waals surface area contributed by atoms with Crippen LogP contribution in [0.5, 0.6) is 5.75 Å². The van der Waals surface area contributed by atoms with Crippen LogP contribution in [0.1, 0.15) is 39.2 Å². The molecule has 0 fully saturated rings. The van der Waals surface area contributed by atoms with Crippen molar-refractivity contribution in [2.75, 3.05) is 7.11 Å². The van der Waals surface area contributed by atoms with E-state index in [0.29, 0.717) is 5.75 Å². The predicted molar refractivity (Wildman–Crippen MR) is 75.0 cm³/mol. The third kappa shape index (κ3) is 4.49. The van der Waals surface area contributed by atoms with Crippen LogP contribution in [-0.2, 0) is 6.42 Å². The molecule has 0 aliphatic heterocycles. The summed E-state index contributed by atoms with van der Waals surface area (Å²) in [6, 6.07) is 5.12. The number of methoxy groups -OCH3 is 1. The van der Waals surface area contributed by atoms with Gasteiger partial charge in [0.05, 0.1) is 7.11 Å². The summed E-state index contributed by atoms with van der Waals surface area (Å²) in [6.45, 7) is 6.41. The number of benzene rings is 1. The van der Waals surface area contributed by atoms with Crippen LogP contribution >= 0.6 is 11.6 Å². The van der Waals surface area contributed by atoms with Crippen LogP contribution in [0.2, 0.25) is 0 Å². The Bertz CT molecular complexity index is 385. The molecular weight excluding hydrogens is 251 g/mol. The zero-order valence-electron chi connectivity index (χ0n) is 11.6. The average molecular weight is 273 g/mol. The first-order valence-electron chi connectivity index (χ1n) is 6.31. The molecule has 1 atom stereocenters. The molecule has 0 aromatic heterocycles. The molecule has 1 aromatic carbocycles. The molecule has 0 N–H and O–H groups in total. The van der Waals surface area contributed by atoms with E-state index in [2.05, 4.69) is 20.8 Å². The lowest BCUT2D eigenvalue weighted by molar-refractivity contribution is 0.368. The minimum absolute atomic E-state index is 0.118. The van der Waals surface area contributed by atoms with Gasteiger partial charge in [0, 0.05) is 5.38 Å². The van der Waals surface area contributed by atoms with Crippen molar-refractivity contribution in [1.82, 2.24) is 0 Å². The number of hydrogen-bond acceptors (Lipinski definition) is 1. The SMILES string of the molecule is COc1ccc(CCCC(Cl)C(C)(C)C)cc1F. The van der Waals surface area contributed by atoms with E-state index in [1.165, 1.54) is 7.11 Å². The Morgan fingerprint density at radius 3 is 2.50 bits per heavy atom. The molecule has 0 bridgehead atoms. The van der Waals surface area contributed by atoms with Gasteiger partial charge < -0.3 is 4.74 Å². The molecule has 0 heterocycles. The van der Waals surface area contributed by atoms with Gasteiger partial charge >= 0.3 is 0 Å². The largest absolute Gasteiger partial charge is 0.494 e. The minimum atomic E-state index is -0.298. The molecule has 1 rings (SSSR count). The Morgan fingerprint density at radius 2 is 2.00 bits per heavy atom. The van der Waals surface area contributed by atoms with Gasteiger partial charge in [-0.2, -0.15) is 0 Å². The fraction of sp³-hybridized carbons (Fsp3) is 0.600. The van der Waals surface area contributed by atoms with Crippen molar-refractivity contribution in [3.63, 3.8) is 0 Å². The molecule has 1 aromatic rings. The molecule has 0 saturated heterocycles. The number of alkyl halides is 1. The molecule has 0 radical (unpaired) electrons. The summed E-state index contributed by atoms with van der Waals surface area (Å²) in [5.74, 6) is -0.00286. The summed E-state index contributed by atoms with van der Waals surface area (Å²) in [5, 5.41) is 0.153. The second kappa shape index (κ2) is 6.42. The van der Waals surface area contributed by atoms with Crippen molar-refractivity contribution in [3.8, 4) is 5.75 Å². The number of halogens is 2. The van der Waals surface area contributed by atoms with E-state index in [9.17, 15) is 4.39 Å². The van der Waals surface area contributed by atoms with Crippen LogP contribution < -0.4 is 4.74 Å². The van der Waals surface area contributed by atoms with Crippen molar-refractivity contribution in [1.29, 1.82) is 0 Å². The van der Waals surface area contributed by atoms with Crippen molar-refractivity contribution in [2.24, 2.45) is 5.41 Å². The summed E-state index contributed by atoms with van der Waals surface area (Å²) in [4.78, 5) is 0. The molecule has 0 spiro atoms. The summed E-state index contributed by atoms with van der Waals surface area (Å²) in [7, 11) is 1.47. The van der Waals surface area contributed by atoms with Gasteiger partial charge in [-0.15, -0.1) is 11.6 Å². The first kappa shape index (κ1) is 15.3. The zero-order valence-corrected chi connectivity index (χ0v) is 12.4. The monoisotopic (exact) mass is 272 g/mol. The van der Waals surface area contributed by atoms with Gasteiger partial charge in [0.25, 0.3) is 0 Å². The molecule has 3 heteroatoms. The molecule has 1 nitrogen and oxygen atoms in total. The molecule has 0 aliphatic carbocycles. The average Bonchev–Trinajstić information content (AvgIpc) is 2.28. The van der Waals surface area contributed by atoms with E-state index >= 15 is 0 Å². The smallest absolute Gasteiger partial charge is 0.165 e. The summed E-state index contributed by atoms with van der Waals surface area (Å²) in [6.07, 6.45) is 2.76. The minimum Gasteiger partial charge on any atom is -0.494 e. The summed E-state index contributed by atoms with van der Waals surface area (Å²) < 4.78 is 18.4. The van der Waals surface area contributed by atoms with Gasteiger partial charge in [0.1, 0.15) is 0 Å². The third-order valence-electron chi connectivity index (χ3n) is 3.08. The molecule has 0 amide bonds. The highest BCUT2D eigenvalue weighted by molar-refractivity contribution is 6.21. The van der Waals surface area contributed by atoms with Gasteiger partial charge in [-0.1, -0.05) is 26.8 Å². The highest BCUT2D eigenvalue weighted by Crippen LogP contribution is 2.28. The number of aryl methyl sites for hydroxylation is 1. The van der Waals surface area contributed by atoms with Crippen LogP contribution in [-0.4, -0.2) is 12.5 Å². The molecule has 1 unspecified atom stereocenters. The Labute approximate surface area is 114 Å². The second-order valence-electron chi connectivity index (χ2n) is 5.69. The second-order valence-corrected chi connectivity index (χ2v) is 6.22. The van der Waals surface area contributed by atoms with Gasteiger partial charge in [-0.05, 0) is 42.4 Å². The maximum Gasteiger partial charge on any atom is 0.165 e. The molecular formula is C15H22ClFO. The van der Waals surface area contributed by atoms with Crippen LogP contribution in [0.3, 0.4) is 0 Å². The topological polar surface area (TPSA) is 9.23 Å². The first-order chi connectivity index (χ1) is 8.34. The first-order valence-corrected chi connectivity index (χ1v) is 6.74. The Kier molecular flexibility index (Phi) is 5.46. The van der Waals surface area contributed by atoms with Crippen LogP contribution in [0.15, 0.2) is 18.2 Å². The van der Waals surface area contributed by atoms with Crippen molar-refractivity contribution < 1.29 is 9.13 Å². The lowest BCUT2D eigenvalue weighted by atomic mass is 9.88. The molecule has 102 valence electrons. The summed E-state index contributed by atoms with van der Waals surface area (Å²) >= 11 is 6.31. The fourth-order valence-electron chi connectivity index (χ4n) is 1.78. The standard InChI is InChI=1S/C15H22ClFO/c1-15(2,3)14(16)7-5-6-11-8-9-13(18-4)12(17)10-11/h8-10,14H,5-7H2,1-4H3. The van der Waals surface area contributed by atoms with E-state index in [1.807, 2.05) is 6.07 Å². The van der Waals surface area contributed by atoms with Crippen LogP contribution in [0.25, 0.3) is 0 Å². The Hall–Kier alpha value is -0.760. The number of ether oxygens (including phenoxy) is 1. The van der Waals surface area contributed by atoms with Gasteiger partial charge in [0.15, 0.2) is 11.6 Å². The molecule has 0 saturated carbocycles. The molecule has 0 aliphatic rings. The molecule has 18 heavy (non-hydrogen) atoms. The van der Waals surface area contributed by atoms with Crippen molar-refractivity contribution >= 4 is 11.6 Å². The summed E-state index contributed by atoms with van der Waals surface area (Å²) in [5.41, 5.74) is 1.11. The van der Waals surface area contributed by atoms with E-state index in [1.54, 1.807) is 12.1 Å². The third-order valence-corrected chi connectivity index (χ3v) is 3.95. The van der Waals surface area contributed by atoms with Gasteiger partial charge in [-0.25, -0.2) is 4.39 Å². The van der Waals surface area contributed by atoms with E-state index in [0.717, 1.165) is 24.8 Å². The van der Waals surface area contributed by atoms with Gasteiger partial charge in [-0.3, -0.25) is 0 Å². The predicted octanol–water partition coefficient (Wildman–Crippen LogP) is 4.81. The van der Waals surface area contributed by atoms with E-state index in [4.69, 9.17) is 16.3 Å². The normalized spacial score (nSPS) is 13.4. The van der Waals surface area contributed by atoms with Crippen LogP contribution in [0.4, 0.5) is 4.39 Å². The maximum atomic E-state index is 13.5.